The number of carbonyl (C=O) groups is 1. The smallest absolute Gasteiger partial charge is 0.238 e. The summed E-state index contributed by atoms with van der Waals surface area (Å²) in [6.07, 6.45) is 3.35. The van der Waals surface area contributed by atoms with Gasteiger partial charge in [-0.1, -0.05) is 12.1 Å². The number of carbonyl (C=O) groups excluding carboxylic acids is 1. The third kappa shape index (κ3) is 5.34. The second-order valence-corrected chi connectivity index (χ2v) is 7.49. The summed E-state index contributed by atoms with van der Waals surface area (Å²) in [6.45, 7) is 1.83. The zero-order valence-electron chi connectivity index (χ0n) is 12.5. The molecule has 0 aliphatic carbocycles. The molecule has 0 unspecified atom stereocenters. The van der Waals surface area contributed by atoms with Gasteiger partial charge >= 0.3 is 0 Å². The van der Waals surface area contributed by atoms with Crippen LogP contribution >= 0.6 is 11.8 Å². The van der Waals surface area contributed by atoms with E-state index < -0.39 is 10.0 Å². The van der Waals surface area contributed by atoms with Gasteiger partial charge in [0.2, 0.25) is 15.9 Å². The van der Waals surface area contributed by atoms with Crippen LogP contribution in [0.15, 0.2) is 58.6 Å². The van der Waals surface area contributed by atoms with Crippen LogP contribution in [0.5, 0.6) is 0 Å². The lowest BCUT2D eigenvalue weighted by Crippen LogP contribution is -2.28. The van der Waals surface area contributed by atoms with Crippen LogP contribution in [0.3, 0.4) is 0 Å². The number of nitrogens with one attached hydrogen (secondary N) is 1. The Morgan fingerprint density at radius 1 is 1.22 bits per heavy atom. The number of rotatable bonds is 6. The minimum atomic E-state index is -3.70. The largest absolute Gasteiger partial charge is 0.349 e. The molecule has 3 N–H and O–H groups in total. The van der Waals surface area contributed by atoms with Crippen LogP contribution in [-0.4, -0.2) is 25.1 Å². The molecule has 1 aromatic carbocycles. The fourth-order valence-electron chi connectivity index (χ4n) is 1.90. The standard InChI is InChI=1S/C15H17N3O3S2/c1-11(12-2-4-14(5-3-12)23(16,20)21)18-15(19)10-22-13-6-8-17-9-7-13/h2-9,11H,10H2,1H3,(H,18,19)(H2,16,20,21)/t11-/m1/s1. The Balaban J connectivity index is 1.90. The van der Waals surface area contributed by atoms with Gasteiger partial charge in [-0.2, -0.15) is 0 Å². The van der Waals surface area contributed by atoms with Gasteiger partial charge in [-0.15, -0.1) is 11.8 Å². The second kappa shape index (κ2) is 7.58. The molecule has 0 aliphatic rings. The number of benzene rings is 1. The van der Waals surface area contributed by atoms with Gasteiger partial charge in [0.25, 0.3) is 0 Å². The molecule has 1 heterocycles. The highest BCUT2D eigenvalue weighted by atomic mass is 32.2. The van der Waals surface area contributed by atoms with Crippen LogP contribution in [0.25, 0.3) is 0 Å². The molecule has 0 fully saturated rings. The van der Waals surface area contributed by atoms with Gasteiger partial charge in [-0.05, 0) is 36.8 Å². The first-order valence-electron chi connectivity index (χ1n) is 6.81. The molecule has 1 atom stereocenters. The molecule has 1 amide bonds. The van der Waals surface area contributed by atoms with Crippen molar-refractivity contribution in [1.82, 2.24) is 10.3 Å². The molecule has 1 aromatic heterocycles. The van der Waals surface area contributed by atoms with Crippen LogP contribution in [-0.2, 0) is 14.8 Å². The monoisotopic (exact) mass is 351 g/mol. The fourth-order valence-corrected chi connectivity index (χ4v) is 3.11. The molecule has 0 bridgehead atoms. The van der Waals surface area contributed by atoms with Crippen molar-refractivity contribution in [3.8, 4) is 0 Å². The Morgan fingerprint density at radius 2 is 1.83 bits per heavy atom. The van der Waals surface area contributed by atoms with Crippen LogP contribution < -0.4 is 10.5 Å². The first-order valence-corrected chi connectivity index (χ1v) is 9.34. The summed E-state index contributed by atoms with van der Waals surface area (Å²) in [7, 11) is -3.70. The molecule has 2 aromatic rings. The highest BCUT2D eigenvalue weighted by Gasteiger charge is 2.12. The lowest BCUT2D eigenvalue weighted by Gasteiger charge is -2.14. The van der Waals surface area contributed by atoms with E-state index in [2.05, 4.69) is 10.3 Å². The molecule has 0 saturated heterocycles. The molecule has 0 radical (unpaired) electrons. The average molecular weight is 351 g/mol. The molecular weight excluding hydrogens is 334 g/mol. The van der Waals surface area contributed by atoms with Gasteiger partial charge in [0.1, 0.15) is 0 Å². The third-order valence-corrected chi connectivity index (χ3v) is 5.05. The van der Waals surface area contributed by atoms with Gasteiger partial charge < -0.3 is 5.32 Å². The van der Waals surface area contributed by atoms with E-state index in [9.17, 15) is 13.2 Å². The Kier molecular flexibility index (Phi) is 5.75. The molecule has 2 rings (SSSR count). The number of thioether (sulfide) groups is 1. The van der Waals surface area contributed by atoms with E-state index in [1.807, 2.05) is 19.1 Å². The minimum absolute atomic E-state index is 0.0491. The Labute approximate surface area is 139 Å². The third-order valence-electron chi connectivity index (χ3n) is 3.11. The predicted octanol–water partition coefficient (Wildman–Crippen LogP) is 1.70. The summed E-state index contributed by atoms with van der Waals surface area (Å²) < 4.78 is 22.4. The highest BCUT2D eigenvalue weighted by Crippen LogP contribution is 2.18. The molecule has 0 saturated carbocycles. The van der Waals surface area contributed by atoms with E-state index in [4.69, 9.17) is 5.14 Å². The summed E-state index contributed by atoms with van der Waals surface area (Å²) in [4.78, 5) is 16.9. The van der Waals surface area contributed by atoms with Crippen molar-refractivity contribution in [2.24, 2.45) is 5.14 Å². The first kappa shape index (κ1) is 17.5. The van der Waals surface area contributed by atoms with E-state index in [0.29, 0.717) is 5.75 Å². The van der Waals surface area contributed by atoms with Gasteiger partial charge in [-0.25, -0.2) is 13.6 Å². The number of nitrogens with zero attached hydrogens (tertiary/aromatic N) is 1. The van der Waals surface area contributed by atoms with Crippen molar-refractivity contribution in [2.45, 2.75) is 22.8 Å². The molecule has 8 heteroatoms. The zero-order valence-corrected chi connectivity index (χ0v) is 14.1. The molecule has 0 aliphatic heterocycles. The van der Waals surface area contributed by atoms with Crippen molar-refractivity contribution in [1.29, 1.82) is 0 Å². The van der Waals surface area contributed by atoms with E-state index in [1.54, 1.807) is 24.5 Å². The van der Waals surface area contributed by atoms with Crippen LogP contribution in [0.4, 0.5) is 0 Å². The number of amides is 1. The summed E-state index contributed by atoms with van der Waals surface area (Å²) in [5, 5.41) is 7.92. The lowest BCUT2D eigenvalue weighted by atomic mass is 10.1. The van der Waals surface area contributed by atoms with Crippen LogP contribution in [0.1, 0.15) is 18.5 Å². The van der Waals surface area contributed by atoms with Crippen molar-refractivity contribution in [3.63, 3.8) is 0 Å². The van der Waals surface area contributed by atoms with Gasteiger partial charge in [0.05, 0.1) is 16.7 Å². The summed E-state index contributed by atoms with van der Waals surface area (Å²) in [5.74, 6) is 0.193. The van der Waals surface area contributed by atoms with Gasteiger partial charge in [0.15, 0.2) is 0 Å². The maximum Gasteiger partial charge on any atom is 0.238 e. The highest BCUT2D eigenvalue weighted by molar-refractivity contribution is 8.00. The second-order valence-electron chi connectivity index (χ2n) is 4.87. The lowest BCUT2D eigenvalue weighted by molar-refractivity contribution is -0.119. The molecule has 6 nitrogen and oxygen atoms in total. The van der Waals surface area contributed by atoms with Crippen molar-refractivity contribution in [2.75, 3.05) is 5.75 Å². The van der Waals surface area contributed by atoms with E-state index in [0.717, 1.165) is 10.5 Å². The number of aromatic nitrogens is 1. The Morgan fingerprint density at radius 3 is 2.39 bits per heavy atom. The van der Waals surface area contributed by atoms with Gasteiger partial charge in [0, 0.05) is 17.3 Å². The SMILES string of the molecule is C[C@@H](NC(=O)CSc1ccncc1)c1ccc(S(N)(=O)=O)cc1. The normalized spacial score (nSPS) is 12.6. The molecular formula is C15H17N3O3S2. The first-order chi connectivity index (χ1) is 10.9. The van der Waals surface area contributed by atoms with Crippen molar-refractivity contribution in [3.05, 3.63) is 54.4 Å². The van der Waals surface area contributed by atoms with Crippen molar-refractivity contribution < 1.29 is 13.2 Å². The number of hydrogen-bond acceptors (Lipinski definition) is 5. The van der Waals surface area contributed by atoms with Gasteiger partial charge in [-0.3, -0.25) is 9.78 Å². The number of pyridine rings is 1. The minimum Gasteiger partial charge on any atom is -0.349 e. The maximum absolute atomic E-state index is 12.0. The summed E-state index contributed by atoms with van der Waals surface area (Å²) >= 11 is 1.42. The fraction of sp³-hybridized carbons (Fsp3) is 0.200. The summed E-state index contributed by atoms with van der Waals surface area (Å²) in [5.41, 5.74) is 0.805. The topological polar surface area (TPSA) is 102 Å². The number of primary sulfonamides is 1. The zero-order chi connectivity index (χ0) is 16.9. The number of nitrogens with two attached hydrogens (primary N) is 1. The summed E-state index contributed by atoms with van der Waals surface area (Å²) in [6, 6.07) is 9.59. The van der Waals surface area contributed by atoms with Crippen LogP contribution in [0, 0.1) is 0 Å². The van der Waals surface area contributed by atoms with E-state index >= 15 is 0 Å². The van der Waals surface area contributed by atoms with Crippen molar-refractivity contribution >= 4 is 27.7 Å². The Hall–Kier alpha value is -1.90. The molecule has 122 valence electrons. The van der Waals surface area contributed by atoms with E-state index in [-0.39, 0.29) is 16.8 Å². The Bertz CT molecular complexity index is 762. The quantitative estimate of drug-likeness (QED) is 0.771. The maximum atomic E-state index is 12.0. The molecule has 0 spiro atoms. The molecule has 23 heavy (non-hydrogen) atoms. The average Bonchev–Trinajstić information content (AvgIpc) is 2.53. The van der Waals surface area contributed by atoms with E-state index in [1.165, 1.54) is 23.9 Å². The number of hydrogen-bond donors (Lipinski definition) is 2. The predicted molar refractivity (Wildman–Crippen MR) is 89.3 cm³/mol. The number of sulfonamides is 1. The van der Waals surface area contributed by atoms with Crippen LogP contribution in [0.2, 0.25) is 0 Å².